The normalized spacial score (nSPS) is 39.6. The first kappa shape index (κ1) is 12.4. The maximum atomic E-state index is 12.0. The van der Waals surface area contributed by atoms with Gasteiger partial charge in [-0.25, -0.2) is 0 Å². The molecular weight excluding hydrogens is 270 g/mol. The van der Waals surface area contributed by atoms with Gasteiger partial charge in [0, 0.05) is 17.5 Å². The Balaban J connectivity index is 1.78. The molecular formula is C12H20BrNO2. The summed E-state index contributed by atoms with van der Waals surface area (Å²) >= 11 is 3.63. The van der Waals surface area contributed by atoms with Crippen molar-refractivity contribution in [2.75, 3.05) is 6.61 Å². The Morgan fingerprint density at radius 3 is 2.50 bits per heavy atom. The first-order valence-corrected chi connectivity index (χ1v) is 7.14. The lowest BCUT2D eigenvalue weighted by Gasteiger charge is -2.27. The second-order valence-electron chi connectivity index (χ2n) is 4.93. The number of hydrogen-bond acceptors (Lipinski definition) is 2. The molecule has 3 nitrogen and oxygen atoms in total. The number of ether oxygens (including phenoxy) is 1. The second kappa shape index (κ2) is 5.50. The van der Waals surface area contributed by atoms with Crippen molar-refractivity contribution in [1.82, 2.24) is 5.32 Å². The Hall–Kier alpha value is -0.0900. The number of nitrogens with one attached hydrogen (secondary N) is 1. The molecule has 0 aromatic heterocycles. The third-order valence-electron chi connectivity index (χ3n) is 3.72. The van der Waals surface area contributed by atoms with Crippen LogP contribution in [0.5, 0.6) is 0 Å². The Bertz CT molecular complexity index is 251. The zero-order chi connectivity index (χ0) is 11.5. The molecule has 2 unspecified atom stereocenters. The highest BCUT2D eigenvalue weighted by Gasteiger charge is 2.32. The summed E-state index contributed by atoms with van der Waals surface area (Å²) in [4.78, 5) is 12.7. The van der Waals surface area contributed by atoms with Crippen LogP contribution in [0.1, 0.15) is 39.0 Å². The summed E-state index contributed by atoms with van der Waals surface area (Å²) in [5.41, 5.74) is 0. The van der Waals surface area contributed by atoms with Crippen molar-refractivity contribution in [3.63, 3.8) is 0 Å². The van der Waals surface area contributed by atoms with Gasteiger partial charge in [0.1, 0.15) is 0 Å². The third-order valence-corrected chi connectivity index (χ3v) is 4.63. The average Bonchev–Trinajstić information content (AvgIpc) is 2.68. The molecule has 0 aromatic carbocycles. The summed E-state index contributed by atoms with van der Waals surface area (Å²) < 4.78 is 5.42. The monoisotopic (exact) mass is 289 g/mol. The smallest absolute Gasteiger partial charge is 0.226 e. The van der Waals surface area contributed by atoms with Crippen LogP contribution in [0.4, 0.5) is 0 Å². The number of amides is 1. The molecule has 1 aliphatic carbocycles. The van der Waals surface area contributed by atoms with E-state index in [4.69, 9.17) is 4.74 Å². The van der Waals surface area contributed by atoms with E-state index in [1.807, 2.05) is 6.92 Å². The van der Waals surface area contributed by atoms with Crippen molar-refractivity contribution >= 4 is 21.8 Å². The van der Waals surface area contributed by atoms with Gasteiger partial charge in [0.25, 0.3) is 0 Å². The van der Waals surface area contributed by atoms with Crippen molar-refractivity contribution in [3.8, 4) is 0 Å². The van der Waals surface area contributed by atoms with Crippen LogP contribution >= 0.6 is 15.9 Å². The fraction of sp³-hybridized carbons (Fsp3) is 0.917. The van der Waals surface area contributed by atoms with E-state index in [1.54, 1.807) is 0 Å². The standard InChI is InChI=1S/C12H20BrNO2/c1-8-11(6-7-16-8)12(15)14-10-4-2-9(13)3-5-10/h8-11H,2-7H2,1H3,(H,14,15). The van der Waals surface area contributed by atoms with Crippen LogP contribution in [0, 0.1) is 5.92 Å². The van der Waals surface area contributed by atoms with E-state index in [0.717, 1.165) is 25.9 Å². The van der Waals surface area contributed by atoms with Gasteiger partial charge in [0.15, 0.2) is 0 Å². The van der Waals surface area contributed by atoms with Gasteiger partial charge < -0.3 is 10.1 Å². The van der Waals surface area contributed by atoms with Gasteiger partial charge in [-0.05, 0) is 39.0 Å². The quantitative estimate of drug-likeness (QED) is 0.792. The maximum Gasteiger partial charge on any atom is 0.226 e. The fourth-order valence-electron chi connectivity index (χ4n) is 2.58. The first-order valence-electron chi connectivity index (χ1n) is 6.23. The van der Waals surface area contributed by atoms with Crippen LogP contribution in [0.25, 0.3) is 0 Å². The molecule has 1 aliphatic heterocycles. The van der Waals surface area contributed by atoms with Gasteiger partial charge in [0.2, 0.25) is 5.91 Å². The fourth-order valence-corrected chi connectivity index (χ4v) is 3.11. The number of halogens is 1. The van der Waals surface area contributed by atoms with E-state index in [2.05, 4.69) is 21.2 Å². The minimum absolute atomic E-state index is 0.0710. The average molecular weight is 290 g/mol. The molecule has 1 N–H and O–H groups in total. The lowest BCUT2D eigenvalue weighted by molar-refractivity contribution is -0.127. The number of alkyl halides is 1. The Kier molecular flexibility index (Phi) is 4.25. The molecule has 1 saturated carbocycles. The predicted molar refractivity (Wildman–Crippen MR) is 66.6 cm³/mol. The van der Waals surface area contributed by atoms with Crippen molar-refractivity contribution < 1.29 is 9.53 Å². The molecule has 1 heterocycles. The van der Waals surface area contributed by atoms with Crippen LogP contribution in [0.2, 0.25) is 0 Å². The predicted octanol–water partition coefficient (Wildman–Crippen LogP) is 2.23. The van der Waals surface area contributed by atoms with E-state index in [1.165, 1.54) is 12.8 Å². The van der Waals surface area contributed by atoms with E-state index in [0.29, 0.717) is 10.9 Å². The summed E-state index contributed by atoms with van der Waals surface area (Å²) in [6, 6.07) is 0.383. The van der Waals surface area contributed by atoms with Crippen molar-refractivity contribution in [2.24, 2.45) is 5.92 Å². The Morgan fingerprint density at radius 1 is 1.25 bits per heavy atom. The van der Waals surface area contributed by atoms with Crippen molar-refractivity contribution in [1.29, 1.82) is 0 Å². The van der Waals surface area contributed by atoms with Crippen molar-refractivity contribution in [2.45, 2.75) is 56.0 Å². The van der Waals surface area contributed by atoms with Crippen molar-refractivity contribution in [3.05, 3.63) is 0 Å². The molecule has 2 aliphatic rings. The van der Waals surface area contributed by atoms with Crippen LogP contribution in [0.15, 0.2) is 0 Å². The minimum atomic E-state index is 0.0710. The van der Waals surface area contributed by atoms with Gasteiger partial charge in [-0.15, -0.1) is 0 Å². The SMILES string of the molecule is CC1OCCC1C(=O)NC1CCC(Br)CC1. The lowest BCUT2D eigenvalue weighted by Crippen LogP contribution is -2.42. The summed E-state index contributed by atoms with van der Waals surface area (Å²) in [5, 5.41) is 3.17. The highest BCUT2D eigenvalue weighted by Crippen LogP contribution is 2.26. The van der Waals surface area contributed by atoms with Gasteiger partial charge in [-0.3, -0.25) is 4.79 Å². The van der Waals surface area contributed by atoms with Gasteiger partial charge in [-0.1, -0.05) is 15.9 Å². The second-order valence-corrected chi connectivity index (χ2v) is 6.22. The van der Waals surface area contributed by atoms with E-state index < -0.39 is 0 Å². The zero-order valence-corrected chi connectivity index (χ0v) is 11.3. The highest BCUT2D eigenvalue weighted by molar-refractivity contribution is 9.09. The third kappa shape index (κ3) is 2.98. The molecule has 1 amide bonds. The lowest BCUT2D eigenvalue weighted by atomic mass is 9.94. The number of rotatable bonds is 2. The molecule has 2 rings (SSSR count). The minimum Gasteiger partial charge on any atom is -0.378 e. The molecule has 0 aromatic rings. The van der Waals surface area contributed by atoms with Crippen LogP contribution in [0.3, 0.4) is 0 Å². The zero-order valence-electron chi connectivity index (χ0n) is 9.75. The van der Waals surface area contributed by atoms with E-state index in [9.17, 15) is 4.79 Å². The molecule has 0 radical (unpaired) electrons. The highest BCUT2D eigenvalue weighted by atomic mass is 79.9. The molecule has 92 valence electrons. The van der Waals surface area contributed by atoms with Gasteiger partial charge in [0.05, 0.1) is 12.0 Å². The van der Waals surface area contributed by atoms with Gasteiger partial charge in [-0.2, -0.15) is 0 Å². The molecule has 1 saturated heterocycles. The summed E-state index contributed by atoms with van der Waals surface area (Å²) in [6.45, 7) is 2.72. The van der Waals surface area contributed by atoms with E-state index in [-0.39, 0.29) is 17.9 Å². The van der Waals surface area contributed by atoms with Crippen LogP contribution < -0.4 is 5.32 Å². The summed E-state index contributed by atoms with van der Waals surface area (Å²) in [7, 11) is 0. The Morgan fingerprint density at radius 2 is 1.94 bits per heavy atom. The van der Waals surface area contributed by atoms with Crippen LogP contribution in [-0.4, -0.2) is 29.5 Å². The van der Waals surface area contributed by atoms with E-state index >= 15 is 0 Å². The van der Waals surface area contributed by atoms with Gasteiger partial charge >= 0.3 is 0 Å². The molecule has 4 heteroatoms. The molecule has 0 spiro atoms. The molecule has 2 fully saturated rings. The molecule has 0 bridgehead atoms. The summed E-state index contributed by atoms with van der Waals surface area (Å²) in [5.74, 6) is 0.268. The first-order chi connectivity index (χ1) is 7.66. The summed E-state index contributed by atoms with van der Waals surface area (Å²) in [6.07, 6.45) is 5.50. The maximum absolute atomic E-state index is 12.0. The Labute approximate surface area is 105 Å². The molecule has 16 heavy (non-hydrogen) atoms. The molecule has 2 atom stereocenters. The largest absolute Gasteiger partial charge is 0.378 e. The number of carbonyl (C=O) groups excluding carboxylic acids is 1. The van der Waals surface area contributed by atoms with Crippen LogP contribution in [-0.2, 0) is 9.53 Å². The number of carbonyl (C=O) groups is 1. The number of hydrogen-bond donors (Lipinski definition) is 1. The topological polar surface area (TPSA) is 38.3 Å².